The molecule has 6 aliphatic rings. The van der Waals surface area contributed by atoms with Gasteiger partial charge in [-0.15, -0.1) is 0 Å². The Labute approximate surface area is 494 Å². The molecule has 84 heavy (non-hydrogen) atoms. The molecule has 0 fully saturated rings. The summed E-state index contributed by atoms with van der Waals surface area (Å²) in [5.41, 5.74) is 33.0. The summed E-state index contributed by atoms with van der Waals surface area (Å²) in [5, 5.41) is 5.52. The summed E-state index contributed by atoms with van der Waals surface area (Å²) in [6, 6.07) is 55.8. The molecule has 0 unspecified atom stereocenters. The molecule has 0 aliphatic carbocycles. The van der Waals surface area contributed by atoms with Crippen LogP contribution in [0.4, 0.5) is 0 Å². The maximum Gasteiger partial charge on any atom is 0.118 e. The maximum atomic E-state index is 4.62. The summed E-state index contributed by atoms with van der Waals surface area (Å²) in [7, 11) is 0. The Bertz CT molecular complexity index is 4430. The average molecular weight is 1100 g/mol. The van der Waals surface area contributed by atoms with Crippen LogP contribution in [0, 0.1) is 27.7 Å². The molecule has 0 N–H and O–H groups in total. The Morgan fingerprint density at radius 2 is 0.690 bits per heavy atom. The van der Waals surface area contributed by atoms with Gasteiger partial charge in [0, 0.05) is 141 Å². The zero-order valence-electron chi connectivity index (χ0n) is 51.0. The zero-order valence-corrected chi connectivity index (χ0v) is 51.0. The molecule has 6 aliphatic heterocycles. The summed E-state index contributed by atoms with van der Waals surface area (Å²) in [6.07, 6.45) is 10.9. The van der Waals surface area contributed by atoms with Gasteiger partial charge < -0.3 is 27.4 Å². The van der Waals surface area contributed by atoms with E-state index >= 15 is 0 Å². The van der Waals surface area contributed by atoms with Gasteiger partial charge in [-0.1, -0.05) is 109 Å². The summed E-state index contributed by atoms with van der Waals surface area (Å²) < 4.78 is 14.0. The van der Waals surface area contributed by atoms with Crippen LogP contribution in [0.25, 0.3) is 77.8 Å². The van der Waals surface area contributed by atoms with Gasteiger partial charge in [-0.25, -0.2) is 9.97 Å². The fraction of sp³-hybridized carbons (Fsp3) is 0.237. The van der Waals surface area contributed by atoms with Crippen LogP contribution in [0.3, 0.4) is 0 Å². The smallest absolute Gasteiger partial charge is 0.118 e. The number of fused-ring (bicyclic) bond motifs is 18. The Kier molecular flexibility index (Phi) is 13.9. The zero-order chi connectivity index (χ0) is 58.2. The lowest BCUT2D eigenvalue weighted by Gasteiger charge is -2.05. The lowest BCUT2D eigenvalue weighted by Crippen LogP contribution is -1.94. The Morgan fingerprint density at radius 1 is 0.333 bits per heavy atom. The van der Waals surface area contributed by atoms with Crippen LogP contribution >= 0.6 is 0 Å². The molecule has 420 valence electrons. The second-order valence-electron chi connectivity index (χ2n) is 24.0. The van der Waals surface area contributed by atoms with Crippen LogP contribution in [0.5, 0.6) is 0 Å². The van der Waals surface area contributed by atoms with Crippen molar-refractivity contribution in [3.8, 4) is 11.4 Å². The third-order valence-electron chi connectivity index (χ3n) is 18.9. The van der Waals surface area contributed by atoms with Crippen LogP contribution in [0.15, 0.2) is 192 Å². The van der Waals surface area contributed by atoms with Crippen molar-refractivity contribution < 1.29 is 0 Å². The van der Waals surface area contributed by atoms with Crippen molar-refractivity contribution in [1.82, 2.24) is 37.4 Å². The number of aromatic nitrogens is 8. The van der Waals surface area contributed by atoms with Crippen LogP contribution in [0.2, 0.25) is 0 Å². The fourth-order valence-corrected chi connectivity index (χ4v) is 13.5. The Balaban J connectivity index is 0.0000000940. The maximum absolute atomic E-state index is 4.62. The lowest BCUT2D eigenvalue weighted by atomic mass is 10.1. The highest BCUT2D eigenvalue weighted by atomic mass is 15.1. The van der Waals surface area contributed by atoms with Gasteiger partial charge in [-0.2, -0.15) is 0 Å². The highest BCUT2D eigenvalue weighted by molar-refractivity contribution is 5.90. The number of allylic oxidation sites excluding steroid dienone is 8. The van der Waals surface area contributed by atoms with Gasteiger partial charge in [-0.3, -0.25) is 0 Å². The number of hydrogen-bond donors (Lipinski definition) is 0. The monoisotopic (exact) mass is 1100 g/mol. The van der Waals surface area contributed by atoms with E-state index in [9.17, 15) is 0 Å². The molecule has 8 heteroatoms. The van der Waals surface area contributed by atoms with Crippen molar-refractivity contribution in [1.29, 1.82) is 0 Å². The number of nitrogens with zero attached hydrogens (tertiary/aromatic N) is 8. The topological polar surface area (TPSA) is 55.4 Å². The van der Waals surface area contributed by atoms with Crippen molar-refractivity contribution in [2.24, 2.45) is 0 Å². The van der Waals surface area contributed by atoms with Gasteiger partial charge in [0.05, 0.1) is 22.1 Å². The molecular weight excluding hydrogens is 1020 g/mol. The quantitative estimate of drug-likeness (QED) is 0.152. The highest BCUT2D eigenvalue weighted by Crippen LogP contribution is 2.37. The van der Waals surface area contributed by atoms with E-state index in [1.165, 1.54) is 157 Å². The molecule has 0 saturated carbocycles. The molecule has 18 rings (SSSR count). The molecule has 12 aromatic rings. The number of benzene rings is 6. The van der Waals surface area contributed by atoms with Crippen LogP contribution < -0.4 is 0 Å². The summed E-state index contributed by atoms with van der Waals surface area (Å²) >= 11 is 0. The minimum absolute atomic E-state index is 1.00. The van der Waals surface area contributed by atoms with E-state index in [4.69, 9.17) is 0 Å². The van der Waals surface area contributed by atoms with Gasteiger partial charge >= 0.3 is 0 Å². The average Bonchev–Trinajstić information content (AvgIpc) is 4.46. The van der Waals surface area contributed by atoms with Crippen molar-refractivity contribution in [2.75, 3.05) is 0 Å². The number of rotatable bonds is 0. The molecule has 0 spiro atoms. The minimum Gasteiger partial charge on any atom is -0.323 e. The van der Waals surface area contributed by atoms with Crippen LogP contribution in [-0.2, 0) is 38.5 Å². The van der Waals surface area contributed by atoms with Crippen molar-refractivity contribution in [3.63, 3.8) is 0 Å². The van der Waals surface area contributed by atoms with E-state index in [2.05, 4.69) is 278 Å². The van der Waals surface area contributed by atoms with E-state index in [0.717, 1.165) is 49.6 Å². The molecule has 6 aromatic carbocycles. The second-order valence-corrected chi connectivity index (χ2v) is 24.0. The first-order chi connectivity index (χ1) is 40.6. The second kappa shape index (κ2) is 21.6. The first-order valence-corrected chi connectivity index (χ1v) is 29.9. The van der Waals surface area contributed by atoms with E-state index < -0.39 is 0 Å². The molecule has 6 aromatic heterocycles. The van der Waals surface area contributed by atoms with E-state index in [-0.39, 0.29) is 0 Å². The molecule has 0 amide bonds. The molecule has 12 heterocycles. The number of para-hydroxylation sites is 6. The van der Waals surface area contributed by atoms with Gasteiger partial charge in [0.1, 0.15) is 11.6 Å². The standard InChI is InChI=1S/4C13H13N.2C12H12N2/c2*1-9-7-12-8-11-5-3-4-6-13(11)14(12)10(9)2;2*1-9-7-13-12-6-4-3-5-11(12)8-14(13)10(9)2;2*1-8-7-12-13-10-5-3-4-6-11(10)14(12)9(8)2/h2*3-7H,8H2,1-2H3;2*3-6,8H,7H2,1-2H3;2*3-6H,7H2,1-2H3. The first-order valence-electron chi connectivity index (χ1n) is 29.9. The summed E-state index contributed by atoms with van der Waals surface area (Å²) in [5.74, 6) is 2.36. The van der Waals surface area contributed by atoms with Crippen molar-refractivity contribution in [2.45, 2.75) is 122 Å². The Morgan fingerprint density at radius 3 is 1.12 bits per heavy atom. The van der Waals surface area contributed by atoms with E-state index in [1.807, 2.05) is 12.1 Å². The number of hydrogen-bond acceptors (Lipinski definition) is 2. The van der Waals surface area contributed by atoms with Gasteiger partial charge in [0.15, 0.2) is 0 Å². The predicted octanol–water partition coefficient (Wildman–Crippen LogP) is 18.6. The third-order valence-corrected chi connectivity index (χ3v) is 18.9. The van der Waals surface area contributed by atoms with Crippen LogP contribution in [-0.4, -0.2) is 37.4 Å². The third kappa shape index (κ3) is 9.33. The highest BCUT2D eigenvalue weighted by Gasteiger charge is 2.24. The fourth-order valence-electron chi connectivity index (χ4n) is 13.5. The number of aryl methyl sites for hydroxylation is 2. The lowest BCUT2D eigenvalue weighted by molar-refractivity contribution is 0.990. The summed E-state index contributed by atoms with van der Waals surface area (Å²) in [4.78, 5) is 9.23. The van der Waals surface area contributed by atoms with E-state index in [0.29, 0.717) is 0 Å². The minimum atomic E-state index is 1.00. The normalized spacial score (nSPS) is 14.4. The summed E-state index contributed by atoms with van der Waals surface area (Å²) in [6.45, 7) is 26.3. The Hall–Kier alpha value is -9.14. The molecule has 0 saturated heterocycles. The molecule has 0 radical (unpaired) electrons. The predicted molar refractivity (Wildman–Crippen MR) is 353 cm³/mol. The van der Waals surface area contributed by atoms with E-state index in [1.54, 1.807) is 0 Å². The SMILES string of the molecule is CC1=C(C)n2c(nc3ccccc32)C1.CC1=C(C)n2c(nc3ccccc32)C1.CC1=C(C)n2cc3ccccc3c2C1.CC1=C(C)n2cc3ccccc3c2C1.Cc1cc2n(c1C)-c1ccccc1C2.Cc1cc2n(c1C)-c1ccccc1C2. The first kappa shape index (κ1) is 54.1. The van der Waals surface area contributed by atoms with Gasteiger partial charge in [0.25, 0.3) is 0 Å². The van der Waals surface area contributed by atoms with Crippen molar-refractivity contribution >= 4 is 66.4 Å². The molecular formula is C76H76N8. The van der Waals surface area contributed by atoms with Gasteiger partial charge in [-0.05, 0) is 176 Å². The van der Waals surface area contributed by atoms with Crippen LogP contribution in [0.1, 0.15) is 123 Å². The molecule has 8 nitrogen and oxygen atoms in total. The van der Waals surface area contributed by atoms with Gasteiger partial charge in [0.2, 0.25) is 0 Å². The number of imidazole rings is 2. The molecule has 0 atom stereocenters. The van der Waals surface area contributed by atoms with Crippen molar-refractivity contribution in [3.05, 3.63) is 260 Å². The largest absolute Gasteiger partial charge is 0.323 e. The molecule has 0 bridgehead atoms.